The fourth-order valence-electron chi connectivity index (χ4n) is 4.91. The number of rotatable bonds is 6. The molecule has 9 nitrogen and oxygen atoms in total. The van der Waals surface area contributed by atoms with Crippen LogP contribution in [0.25, 0.3) is 11.0 Å². The number of hydrogen-bond donors (Lipinski definition) is 2. The molecular formula is C24H32N8O. The zero-order chi connectivity index (χ0) is 23.0. The average molecular weight is 449 g/mol. The van der Waals surface area contributed by atoms with Gasteiger partial charge in [-0.3, -0.25) is 4.79 Å². The summed E-state index contributed by atoms with van der Waals surface area (Å²) in [6.07, 6.45) is 7.89. The smallest absolute Gasteiger partial charge is 0.270 e. The highest BCUT2D eigenvalue weighted by Crippen LogP contribution is 2.45. The van der Waals surface area contributed by atoms with Gasteiger partial charge in [-0.2, -0.15) is 4.98 Å². The highest BCUT2D eigenvalue weighted by atomic mass is 16.2. The van der Waals surface area contributed by atoms with E-state index >= 15 is 0 Å². The molecule has 174 valence electrons. The van der Waals surface area contributed by atoms with Crippen molar-refractivity contribution in [3.05, 3.63) is 36.3 Å². The predicted octanol–water partition coefficient (Wildman–Crippen LogP) is 2.97. The molecule has 33 heavy (non-hydrogen) atoms. The Morgan fingerprint density at radius 3 is 2.58 bits per heavy atom. The number of pyridine rings is 1. The van der Waals surface area contributed by atoms with E-state index < -0.39 is 0 Å². The van der Waals surface area contributed by atoms with Crippen LogP contribution in [0.15, 0.2) is 30.6 Å². The lowest BCUT2D eigenvalue weighted by Gasteiger charge is -2.44. The van der Waals surface area contributed by atoms with E-state index in [1.54, 1.807) is 25.2 Å². The van der Waals surface area contributed by atoms with Crippen molar-refractivity contribution in [1.82, 2.24) is 29.7 Å². The summed E-state index contributed by atoms with van der Waals surface area (Å²) in [7, 11) is 3.58. The minimum atomic E-state index is -0.0547. The Labute approximate surface area is 194 Å². The Kier molecular flexibility index (Phi) is 5.65. The molecule has 9 heteroatoms. The lowest BCUT2D eigenvalue weighted by atomic mass is 9.74. The number of piperazine rings is 1. The van der Waals surface area contributed by atoms with Crippen molar-refractivity contribution in [3.63, 3.8) is 0 Å². The Morgan fingerprint density at radius 2 is 1.97 bits per heavy atom. The molecule has 1 saturated carbocycles. The second-order valence-corrected chi connectivity index (χ2v) is 9.24. The van der Waals surface area contributed by atoms with E-state index in [0.717, 1.165) is 68.0 Å². The van der Waals surface area contributed by atoms with Crippen molar-refractivity contribution in [2.75, 3.05) is 50.5 Å². The first-order chi connectivity index (χ1) is 16.0. The second kappa shape index (κ2) is 8.62. The number of hydrogen-bond acceptors (Lipinski definition) is 7. The zero-order valence-electron chi connectivity index (χ0n) is 19.6. The molecule has 2 N–H and O–H groups in total. The normalized spacial score (nSPS) is 17.6. The number of amides is 1. The Morgan fingerprint density at radius 1 is 1.18 bits per heavy atom. The van der Waals surface area contributed by atoms with Crippen LogP contribution in [0.3, 0.4) is 0 Å². The monoisotopic (exact) mass is 448 g/mol. The van der Waals surface area contributed by atoms with Gasteiger partial charge in [-0.05, 0) is 43.9 Å². The first kappa shape index (κ1) is 21.6. The van der Waals surface area contributed by atoms with E-state index in [1.165, 1.54) is 6.42 Å². The predicted molar refractivity (Wildman–Crippen MR) is 130 cm³/mol. The molecule has 5 rings (SSSR count). The van der Waals surface area contributed by atoms with E-state index in [2.05, 4.69) is 37.0 Å². The SMILES string of the molecule is CCC1(n2c(C(=O)N(C)C)cc3cnc(Nc4ccc(N5CCNCC5)nc4)nc32)CCC1. The van der Waals surface area contributed by atoms with Gasteiger partial charge in [0.1, 0.15) is 17.2 Å². The van der Waals surface area contributed by atoms with Crippen molar-refractivity contribution >= 4 is 34.4 Å². The molecule has 3 aromatic rings. The largest absolute Gasteiger partial charge is 0.354 e. The summed E-state index contributed by atoms with van der Waals surface area (Å²) in [6.45, 7) is 6.08. The molecule has 0 atom stereocenters. The van der Waals surface area contributed by atoms with Crippen molar-refractivity contribution in [3.8, 4) is 0 Å². The number of nitrogens with zero attached hydrogens (tertiary/aromatic N) is 6. The topological polar surface area (TPSA) is 91.2 Å². The highest BCUT2D eigenvalue weighted by molar-refractivity contribution is 5.98. The molecule has 2 fully saturated rings. The highest BCUT2D eigenvalue weighted by Gasteiger charge is 2.41. The Balaban J connectivity index is 1.47. The van der Waals surface area contributed by atoms with Crippen molar-refractivity contribution in [1.29, 1.82) is 0 Å². The molecule has 4 heterocycles. The number of aromatic nitrogens is 4. The standard InChI is InChI=1S/C24H32N8O/c1-4-24(8-5-9-24)32-19(22(33)30(2)3)14-17-15-27-23(29-21(17)32)28-18-6-7-20(26-16-18)31-12-10-25-11-13-31/h6-7,14-16,25H,4-5,8-13H2,1-3H3,(H,27,28,29). The van der Waals surface area contributed by atoms with Crippen LogP contribution in [-0.4, -0.2) is 70.6 Å². The van der Waals surface area contributed by atoms with E-state index in [9.17, 15) is 4.79 Å². The number of anilines is 3. The molecule has 0 bridgehead atoms. The van der Waals surface area contributed by atoms with E-state index in [-0.39, 0.29) is 11.4 Å². The summed E-state index contributed by atoms with van der Waals surface area (Å²) in [5, 5.41) is 7.54. The number of fused-ring (bicyclic) bond motifs is 1. The summed E-state index contributed by atoms with van der Waals surface area (Å²) in [4.78, 5) is 30.9. The van der Waals surface area contributed by atoms with Gasteiger partial charge in [0.2, 0.25) is 5.95 Å². The quantitative estimate of drug-likeness (QED) is 0.599. The lowest BCUT2D eigenvalue weighted by molar-refractivity contribution is 0.0780. The van der Waals surface area contributed by atoms with Gasteiger partial charge in [0.15, 0.2) is 0 Å². The Bertz CT molecular complexity index is 1140. The van der Waals surface area contributed by atoms with Crippen molar-refractivity contribution in [2.45, 2.75) is 38.1 Å². The molecule has 1 saturated heterocycles. The van der Waals surface area contributed by atoms with Gasteiger partial charge in [0.25, 0.3) is 5.91 Å². The molecule has 0 aromatic carbocycles. The third-order valence-corrected chi connectivity index (χ3v) is 7.03. The molecular weight excluding hydrogens is 416 g/mol. The zero-order valence-corrected chi connectivity index (χ0v) is 19.6. The maximum absolute atomic E-state index is 13.0. The van der Waals surface area contributed by atoms with Crippen LogP contribution in [0, 0.1) is 0 Å². The molecule has 1 aliphatic carbocycles. The minimum Gasteiger partial charge on any atom is -0.354 e. The minimum absolute atomic E-state index is 0.00469. The summed E-state index contributed by atoms with van der Waals surface area (Å²) < 4.78 is 2.17. The molecule has 0 radical (unpaired) electrons. The van der Waals surface area contributed by atoms with Crippen LogP contribution in [0.4, 0.5) is 17.5 Å². The van der Waals surface area contributed by atoms with Crippen molar-refractivity contribution < 1.29 is 4.79 Å². The van der Waals surface area contributed by atoms with E-state index in [4.69, 9.17) is 4.98 Å². The van der Waals surface area contributed by atoms with Crippen LogP contribution < -0.4 is 15.5 Å². The van der Waals surface area contributed by atoms with Crippen LogP contribution in [0.2, 0.25) is 0 Å². The number of carbonyl (C=O) groups excluding carboxylic acids is 1. The van der Waals surface area contributed by atoms with Crippen LogP contribution in [0.1, 0.15) is 43.1 Å². The first-order valence-electron chi connectivity index (χ1n) is 11.8. The molecule has 1 amide bonds. The van der Waals surface area contributed by atoms with Gasteiger partial charge in [-0.15, -0.1) is 0 Å². The van der Waals surface area contributed by atoms with Crippen LogP contribution in [-0.2, 0) is 5.54 Å². The molecule has 3 aromatic heterocycles. The summed E-state index contributed by atoms with van der Waals surface area (Å²) >= 11 is 0. The third kappa shape index (κ3) is 3.90. The van der Waals surface area contributed by atoms with E-state index in [1.807, 2.05) is 24.4 Å². The molecule has 0 spiro atoms. The van der Waals surface area contributed by atoms with Crippen LogP contribution >= 0.6 is 0 Å². The van der Waals surface area contributed by atoms with Gasteiger partial charge in [-0.25, -0.2) is 9.97 Å². The Hall–Kier alpha value is -3.20. The van der Waals surface area contributed by atoms with Gasteiger partial charge >= 0.3 is 0 Å². The number of nitrogens with one attached hydrogen (secondary N) is 2. The second-order valence-electron chi connectivity index (χ2n) is 9.24. The van der Waals surface area contributed by atoms with Gasteiger partial charge in [0, 0.05) is 57.4 Å². The fraction of sp³-hybridized carbons (Fsp3) is 0.500. The summed E-state index contributed by atoms with van der Waals surface area (Å²) in [5.74, 6) is 1.48. The maximum atomic E-state index is 13.0. The van der Waals surface area contributed by atoms with Gasteiger partial charge < -0.3 is 25.0 Å². The maximum Gasteiger partial charge on any atom is 0.270 e. The summed E-state index contributed by atoms with van der Waals surface area (Å²) in [5.41, 5.74) is 2.28. The van der Waals surface area contributed by atoms with Gasteiger partial charge in [-0.1, -0.05) is 6.92 Å². The molecule has 1 aliphatic heterocycles. The lowest BCUT2D eigenvalue weighted by Crippen LogP contribution is -2.43. The summed E-state index contributed by atoms with van der Waals surface area (Å²) in [6, 6.07) is 5.97. The fourth-order valence-corrected chi connectivity index (χ4v) is 4.91. The third-order valence-electron chi connectivity index (χ3n) is 7.03. The molecule has 0 unspecified atom stereocenters. The van der Waals surface area contributed by atoms with Gasteiger partial charge in [0.05, 0.1) is 11.9 Å². The van der Waals surface area contributed by atoms with Crippen molar-refractivity contribution in [2.24, 2.45) is 0 Å². The number of carbonyl (C=O) groups is 1. The van der Waals surface area contributed by atoms with Crippen LogP contribution in [0.5, 0.6) is 0 Å². The first-order valence-corrected chi connectivity index (χ1v) is 11.8. The van der Waals surface area contributed by atoms with E-state index in [0.29, 0.717) is 11.6 Å². The average Bonchev–Trinajstić information content (AvgIpc) is 3.18. The molecule has 2 aliphatic rings.